The first-order valence-electron chi connectivity index (χ1n) is 5.10. The zero-order valence-electron chi connectivity index (χ0n) is 9.43. The Labute approximate surface area is 108 Å². The highest BCUT2D eigenvalue weighted by Gasteiger charge is 2.12. The van der Waals surface area contributed by atoms with E-state index in [-0.39, 0.29) is 23.2 Å². The van der Waals surface area contributed by atoms with Crippen LogP contribution in [0.2, 0.25) is 0 Å². The predicted octanol–water partition coefficient (Wildman–Crippen LogP) is 0.909. The lowest BCUT2D eigenvalue weighted by Gasteiger charge is -2.07. The van der Waals surface area contributed by atoms with E-state index in [0.29, 0.717) is 5.69 Å². The summed E-state index contributed by atoms with van der Waals surface area (Å²) < 4.78 is 12.6. The van der Waals surface area contributed by atoms with E-state index < -0.39 is 12.0 Å². The minimum absolute atomic E-state index is 0.0956. The van der Waals surface area contributed by atoms with Crippen molar-refractivity contribution in [3.05, 3.63) is 30.1 Å². The summed E-state index contributed by atoms with van der Waals surface area (Å²) in [5.74, 6) is -1.51. The Kier molecular flexibility index (Phi) is 5.60. The van der Waals surface area contributed by atoms with E-state index in [1.165, 1.54) is 24.3 Å². The van der Waals surface area contributed by atoms with Crippen LogP contribution < -0.4 is 11.1 Å². The van der Waals surface area contributed by atoms with Gasteiger partial charge >= 0.3 is 5.97 Å². The second kappa shape index (κ2) is 6.97. The highest BCUT2D eigenvalue weighted by atomic mass is 32.2. The summed E-state index contributed by atoms with van der Waals surface area (Å²) in [5.41, 5.74) is 5.77. The van der Waals surface area contributed by atoms with Gasteiger partial charge in [0.2, 0.25) is 5.91 Å². The Bertz CT molecular complexity index is 425. The molecular formula is C11H13FN2O3S. The summed E-state index contributed by atoms with van der Waals surface area (Å²) in [4.78, 5) is 21.9. The van der Waals surface area contributed by atoms with Crippen molar-refractivity contribution >= 4 is 29.3 Å². The average Bonchev–Trinajstić information content (AvgIpc) is 2.32. The van der Waals surface area contributed by atoms with Gasteiger partial charge in [0.05, 0.1) is 5.75 Å². The summed E-state index contributed by atoms with van der Waals surface area (Å²) in [5, 5.41) is 11.1. The van der Waals surface area contributed by atoms with Crippen molar-refractivity contribution in [3.8, 4) is 0 Å². The van der Waals surface area contributed by atoms with Crippen molar-refractivity contribution in [2.24, 2.45) is 5.73 Å². The van der Waals surface area contributed by atoms with Crippen molar-refractivity contribution in [3.63, 3.8) is 0 Å². The summed E-state index contributed by atoms with van der Waals surface area (Å²) in [6, 6.07) is 4.39. The Morgan fingerprint density at radius 1 is 1.39 bits per heavy atom. The molecule has 4 N–H and O–H groups in total. The highest BCUT2D eigenvalue weighted by molar-refractivity contribution is 8.00. The molecule has 1 atom stereocenters. The number of anilines is 1. The van der Waals surface area contributed by atoms with Crippen molar-refractivity contribution in [1.82, 2.24) is 0 Å². The zero-order chi connectivity index (χ0) is 13.5. The number of nitrogens with one attached hydrogen (secondary N) is 1. The Morgan fingerprint density at radius 2 is 2.00 bits per heavy atom. The number of thioether (sulfide) groups is 1. The van der Waals surface area contributed by atoms with Gasteiger partial charge in [0.1, 0.15) is 11.9 Å². The number of hydrogen-bond acceptors (Lipinski definition) is 4. The van der Waals surface area contributed by atoms with Crippen LogP contribution in [0.4, 0.5) is 10.1 Å². The van der Waals surface area contributed by atoms with Gasteiger partial charge in [0.25, 0.3) is 0 Å². The number of amides is 1. The number of benzene rings is 1. The van der Waals surface area contributed by atoms with Crippen molar-refractivity contribution in [2.45, 2.75) is 6.04 Å². The van der Waals surface area contributed by atoms with Gasteiger partial charge in [-0.2, -0.15) is 0 Å². The molecular weight excluding hydrogens is 259 g/mol. The first kappa shape index (κ1) is 14.5. The Balaban J connectivity index is 2.30. The molecule has 98 valence electrons. The van der Waals surface area contributed by atoms with Crippen LogP contribution in [-0.2, 0) is 9.59 Å². The van der Waals surface area contributed by atoms with Gasteiger partial charge in [0, 0.05) is 11.4 Å². The minimum atomic E-state index is -1.10. The molecule has 0 saturated heterocycles. The van der Waals surface area contributed by atoms with Gasteiger partial charge in [-0.15, -0.1) is 11.8 Å². The quantitative estimate of drug-likeness (QED) is 0.716. The molecule has 1 aromatic rings. The Hall–Kier alpha value is -1.60. The van der Waals surface area contributed by atoms with Crippen LogP contribution >= 0.6 is 11.8 Å². The highest BCUT2D eigenvalue weighted by Crippen LogP contribution is 2.09. The molecule has 5 nitrogen and oxygen atoms in total. The third-order valence-corrected chi connectivity index (χ3v) is 3.04. The van der Waals surface area contributed by atoms with E-state index in [9.17, 15) is 14.0 Å². The van der Waals surface area contributed by atoms with Gasteiger partial charge < -0.3 is 16.2 Å². The largest absolute Gasteiger partial charge is 0.480 e. The van der Waals surface area contributed by atoms with E-state index in [0.717, 1.165) is 11.8 Å². The molecule has 7 heteroatoms. The van der Waals surface area contributed by atoms with Crippen LogP contribution in [0.3, 0.4) is 0 Å². The van der Waals surface area contributed by atoms with E-state index in [1.54, 1.807) is 0 Å². The monoisotopic (exact) mass is 272 g/mol. The van der Waals surface area contributed by atoms with Crippen LogP contribution in [0.1, 0.15) is 0 Å². The Morgan fingerprint density at radius 3 is 2.56 bits per heavy atom. The van der Waals surface area contributed by atoms with Crippen molar-refractivity contribution in [2.75, 3.05) is 16.8 Å². The third-order valence-electron chi connectivity index (χ3n) is 1.98. The summed E-state index contributed by atoms with van der Waals surface area (Å²) >= 11 is 1.13. The molecule has 0 bridgehead atoms. The molecule has 1 rings (SSSR count). The number of aliphatic carboxylic acids is 1. The maximum atomic E-state index is 12.6. The fourth-order valence-electron chi connectivity index (χ4n) is 1.08. The molecule has 1 aromatic carbocycles. The molecule has 0 saturated carbocycles. The van der Waals surface area contributed by atoms with Gasteiger partial charge in [0.15, 0.2) is 0 Å². The molecule has 0 aromatic heterocycles. The number of carbonyl (C=O) groups excluding carboxylic acids is 1. The van der Waals surface area contributed by atoms with Gasteiger partial charge in [-0.3, -0.25) is 9.59 Å². The molecule has 0 aliphatic heterocycles. The fourth-order valence-corrected chi connectivity index (χ4v) is 1.85. The molecule has 0 spiro atoms. The predicted molar refractivity (Wildman–Crippen MR) is 68.0 cm³/mol. The molecule has 0 aliphatic carbocycles. The molecule has 0 aliphatic rings. The SMILES string of the molecule is NC(CSCC(=O)Nc1ccc(F)cc1)C(=O)O. The van der Waals surface area contributed by atoms with E-state index in [2.05, 4.69) is 5.32 Å². The lowest BCUT2D eigenvalue weighted by molar-refractivity contribution is -0.137. The maximum Gasteiger partial charge on any atom is 0.321 e. The number of rotatable bonds is 6. The smallest absolute Gasteiger partial charge is 0.321 e. The standard InChI is InChI=1S/C11H13FN2O3S/c12-7-1-3-8(4-2-7)14-10(15)6-18-5-9(13)11(16)17/h1-4,9H,5-6,13H2,(H,14,15)(H,16,17). The molecule has 0 heterocycles. The summed E-state index contributed by atoms with van der Waals surface area (Å²) in [6.07, 6.45) is 0. The molecule has 1 unspecified atom stereocenters. The zero-order valence-corrected chi connectivity index (χ0v) is 10.2. The number of carboxylic acid groups (broad SMARTS) is 1. The van der Waals surface area contributed by atoms with Gasteiger partial charge in [-0.25, -0.2) is 4.39 Å². The van der Waals surface area contributed by atoms with Crippen LogP contribution in [0.25, 0.3) is 0 Å². The summed E-state index contributed by atoms with van der Waals surface area (Å²) in [7, 11) is 0. The van der Waals surface area contributed by atoms with Crippen LogP contribution in [-0.4, -0.2) is 34.5 Å². The summed E-state index contributed by atoms with van der Waals surface area (Å²) in [6.45, 7) is 0. The number of halogens is 1. The maximum absolute atomic E-state index is 12.6. The first-order valence-corrected chi connectivity index (χ1v) is 6.26. The molecule has 0 radical (unpaired) electrons. The second-order valence-corrected chi connectivity index (χ2v) is 4.55. The first-order chi connectivity index (χ1) is 8.49. The molecule has 1 amide bonds. The topological polar surface area (TPSA) is 92.4 Å². The van der Waals surface area contributed by atoms with Crippen LogP contribution in [0.15, 0.2) is 24.3 Å². The van der Waals surface area contributed by atoms with Crippen molar-refractivity contribution < 1.29 is 19.1 Å². The lowest BCUT2D eigenvalue weighted by Crippen LogP contribution is -2.33. The fraction of sp³-hybridized carbons (Fsp3) is 0.273. The van der Waals surface area contributed by atoms with E-state index in [4.69, 9.17) is 10.8 Å². The third kappa shape index (κ3) is 5.15. The van der Waals surface area contributed by atoms with E-state index >= 15 is 0 Å². The number of carbonyl (C=O) groups is 2. The van der Waals surface area contributed by atoms with Gasteiger partial charge in [-0.1, -0.05) is 0 Å². The van der Waals surface area contributed by atoms with Gasteiger partial charge in [-0.05, 0) is 24.3 Å². The second-order valence-electron chi connectivity index (χ2n) is 3.51. The molecule has 0 fully saturated rings. The minimum Gasteiger partial charge on any atom is -0.480 e. The van der Waals surface area contributed by atoms with Crippen LogP contribution in [0.5, 0.6) is 0 Å². The van der Waals surface area contributed by atoms with Crippen LogP contribution in [0, 0.1) is 5.82 Å². The number of carboxylic acids is 1. The van der Waals surface area contributed by atoms with Crippen molar-refractivity contribution in [1.29, 1.82) is 0 Å². The number of hydrogen-bond donors (Lipinski definition) is 3. The number of nitrogens with two attached hydrogens (primary N) is 1. The molecule has 18 heavy (non-hydrogen) atoms. The lowest BCUT2D eigenvalue weighted by atomic mass is 10.3. The normalized spacial score (nSPS) is 11.9. The van der Waals surface area contributed by atoms with E-state index in [1.807, 2.05) is 0 Å². The average molecular weight is 272 g/mol.